The van der Waals surface area contributed by atoms with Crippen molar-refractivity contribution in [2.24, 2.45) is 0 Å². The lowest BCUT2D eigenvalue weighted by atomic mass is 10.2. The first-order valence-corrected chi connectivity index (χ1v) is 3.16. The second-order valence-corrected chi connectivity index (χ2v) is 2.17. The molecule has 0 aromatic carbocycles. The van der Waals surface area contributed by atoms with Crippen LogP contribution in [0.15, 0.2) is 0 Å². The predicted molar refractivity (Wildman–Crippen MR) is 41.9 cm³/mol. The molecule has 1 rings (SSSR count). The van der Waals surface area contributed by atoms with Gasteiger partial charge in [0.05, 0.1) is 7.11 Å². The van der Waals surface area contributed by atoms with Crippen LogP contribution in [0.4, 0.5) is 0 Å². The molecule has 1 heterocycles. The molecule has 1 atom stereocenters. The third kappa shape index (κ3) is 1.99. The summed E-state index contributed by atoms with van der Waals surface area (Å²) in [6.45, 7) is 0.944. The number of esters is 1. The standard InChI is InChI=1S/C6H11NO2.CH4.H2/c1-9-6(8)5-3-2-4-7-5;;/h5,7H,2-4H2,1H3;1H4;1H/t5-;;/m0../s1. The number of rotatable bonds is 1. The lowest BCUT2D eigenvalue weighted by Gasteiger charge is -2.04. The first kappa shape index (κ1) is 9.43. The Bertz CT molecular complexity index is 113. The highest BCUT2D eigenvalue weighted by molar-refractivity contribution is 5.75. The fourth-order valence-electron chi connectivity index (χ4n) is 1.03. The quantitative estimate of drug-likeness (QED) is 0.557. The number of nitrogens with one attached hydrogen (secondary N) is 1. The average molecular weight is 147 g/mol. The molecule has 0 aromatic heterocycles. The second-order valence-electron chi connectivity index (χ2n) is 2.17. The van der Waals surface area contributed by atoms with Crippen LogP contribution in [-0.2, 0) is 9.53 Å². The Morgan fingerprint density at radius 2 is 2.50 bits per heavy atom. The van der Waals surface area contributed by atoms with Crippen molar-refractivity contribution < 1.29 is 11.0 Å². The van der Waals surface area contributed by atoms with Crippen LogP contribution >= 0.6 is 0 Å². The molecule has 0 aromatic rings. The van der Waals surface area contributed by atoms with Gasteiger partial charge in [0.1, 0.15) is 6.04 Å². The van der Waals surface area contributed by atoms with E-state index in [1.807, 2.05) is 0 Å². The van der Waals surface area contributed by atoms with Gasteiger partial charge in [-0.1, -0.05) is 7.43 Å². The smallest absolute Gasteiger partial charge is 0.322 e. The van der Waals surface area contributed by atoms with Crippen molar-refractivity contribution in [3.8, 4) is 0 Å². The van der Waals surface area contributed by atoms with Crippen LogP contribution in [0.1, 0.15) is 21.7 Å². The van der Waals surface area contributed by atoms with Crippen molar-refractivity contribution in [2.75, 3.05) is 13.7 Å². The van der Waals surface area contributed by atoms with E-state index in [9.17, 15) is 4.79 Å². The summed E-state index contributed by atoms with van der Waals surface area (Å²) in [5, 5.41) is 3.03. The molecular formula is C7H17NO2. The molecule has 10 heavy (non-hydrogen) atoms. The van der Waals surface area contributed by atoms with E-state index in [2.05, 4.69) is 10.1 Å². The number of hydrogen-bond acceptors (Lipinski definition) is 3. The Balaban J connectivity index is 0. The molecule has 0 amide bonds. The van der Waals surface area contributed by atoms with Gasteiger partial charge in [-0.3, -0.25) is 4.79 Å². The fraction of sp³-hybridized carbons (Fsp3) is 0.857. The molecule has 1 saturated heterocycles. The molecular weight excluding hydrogens is 130 g/mol. The summed E-state index contributed by atoms with van der Waals surface area (Å²) in [5.41, 5.74) is 0. The number of carbonyl (C=O) groups excluding carboxylic acids is 1. The van der Waals surface area contributed by atoms with E-state index in [0.29, 0.717) is 0 Å². The van der Waals surface area contributed by atoms with Gasteiger partial charge in [0, 0.05) is 1.43 Å². The van der Waals surface area contributed by atoms with Crippen LogP contribution in [-0.4, -0.2) is 25.7 Å². The van der Waals surface area contributed by atoms with Gasteiger partial charge in [-0.15, -0.1) is 0 Å². The van der Waals surface area contributed by atoms with Crippen molar-refractivity contribution in [3.63, 3.8) is 0 Å². The molecule has 62 valence electrons. The number of ether oxygens (including phenoxy) is 1. The van der Waals surface area contributed by atoms with Crippen molar-refractivity contribution in [2.45, 2.75) is 26.3 Å². The summed E-state index contributed by atoms with van der Waals surface area (Å²) in [5.74, 6) is -0.132. The van der Waals surface area contributed by atoms with E-state index in [1.54, 1.807) is 0 Å². The predicted octanol–water partition coefficient (Wildman–Crippen LogP) is 0.793. The molecule has 1 N–H and O–H groups in total. The van der Waals surface area contributed by atoms with Gasteiger partial charge in [0.25, 0.3) is 0 Å². The highest BCUT2D eigenvalue weighted by atomic mass is 16.5. The zero-order chi connectivity index (χ0) is 6.69. The van der Waals surface area contributed by atoms with Crippen molar-refractivity contribution >= 4 is 5.97 Å². The lowest BCUT2D eigenvalue weighted by molar-refractivity contribution is -0.142. The van der Waals surface area contributed by atoms with Gasteiger partial charge >= 0.3 is 5.97 Å². The molecule has 1 fully saturated rings. The largest absolute Gasteiger partial charge is 0.468 e. The summed E-state index contributed by atoms with van der Waals surface area (Å²) < 4.78 is 4.53. The van der Waals surface area contributed by atoms with E-state index >= 15 is 0 Å². The molecule has 0 spiro atoms. The number of methoxy groups -OCH3 is 1. The summed E-state index contributed by atoms with van der Waals surface area (Å²) in [6.07, 6.45) is 2.01. The van der Waals surface area contributed by atoms with Crippen LogP contribution in [0.2, 0.25) is 0 Å². The summed E-state index contributed by atoms with van der Waals surface area (Å²) >= 11 is 0. The highest BCUT2D eigenvalue weighted by Crippen LogP contribution is 2.05. The maximum Gasteiger partial charge on any atom is 0.322 e. The maximum absolute atomic E-state index is 10.7. The molecule has 3 heteroatoms. The summed E-state index contributed by atoms with van der Waals surface area (Å²) in [6, 6.07) is -0.0324. The Morgan fingerprint density at radius 1 is 1.80 bits per heavy atom. The molecule has 0 aliphatic carbocycles. The summed E-state index contributed by atoms with van der Waals surface area (Å²) in [7, 11) is 1.42. The Morgan fingerprint density at radius 3 is 2.90 bits per heavy atom. The van der Waals surface area contributed by atoms with Gasteiger partial charge in [-0.05, 0) is 19.4 Å². The van der Waals surface area contributed by atoms with E-state index < -0.39 is 0 Å². The Kier molecular flexibility index (Phi) is 4.03. The van der Waals surface area contributed by atoms with Gasteiger partial charge in [-0.2, -0.15) is 0 Å². The second kappa shape index (κ2) is 4.28. The molecule has 0 radical (unpaired) electrons. The minimum atomic E-state index is -0.132. The van der Waals surface area contributed by atoms with Crippen LogP contribution in [0.3, 0.4) is 0 Å². The van der Waals surface area contributed by atoms with Crippen LogP contribution in [0, 0.1) is 0 Å². The minimum absolute atomic E-state index is 0. The SMILES string of the molecule is C.COC(=O)[C@@H]1CCCN1.[HH]. The van der Waals surface area contributed by atoms with Crippen molar-refractivity contribution in [3.05, 3.63) is 0 Å². The molecule has 3 nitrogen and oxygen atoms in total. The van der Waals surface area contributed by atoms with Crippen LogP contribution in [0.5, 0.6) is 0 Å². The van der Waals surface area contributed by atoms with Gasteiger partial charge in [-0.25, -0.2) is 0 Å². The topological polar surface area (TPSA) is 38.3 Å². The van der Waals surface area contributed by atoms with Gasteiger partial charge in [0.15, 0.2) is 0 Å². The van der Waals surface area contributed by atoms with Gasteiger partial charge in [0.2, 0.25) is 0 Å². The average Bonchev–Trinajstić information content (AvgIpc) is 2.37. The Labute approximate surface area is 63.2 Å². The third-order valence-corrected chi connectivity index (χ3v) is 1.55. The number of carbonyl (C=O) groups is 1. The molecule has 1 aliphatic heterocycles. The fourth-order valence-corrected chi connectivity index (χ4v) is 1.03. The van der Waals surface area contributed by atoms with Crippen molar-refractivity contribution in [1.29, 1.82) is 0 Å². The summed E-state index contributed by atoms with van der Waals surface area (Å²) in [4.78, 5) is 10.7. The first-order valence-electron chi connectivity index (χ1n) is 3.16. The first-order chi connectivity index (χ1) is 4.34. The number of hydrogen-bond donors (Lipinski definition) is 1. The van der Waals surface area contributed by atoms with E-state index in [0.717, 1.165) is 19.4 Å². The van der Waals surface area contributed by atoms with Crippen molar-refractivity contribution in [1.82, 2.24) is 5.32 Å². The molecule has 0 saturated carbocycles. The monoisotopic (exact) mass is 147 g/mol. The minimum Gasteiger partial charge on any atom is -0.468 e. The van der Waals surface area contributed by atoms with Crippen LogP contribution in [0.25, 0.3) is 0 Å². The third-order valence-electron chi connectivity index (χ3n) is 1.55. The van der Waals surface area contributed by atoms with E-state index in [-0.39, 0.29) is 20.9 Å². The molecule has 0 unspecified atom stereocenters. The van der Waals surface area contributed by atoms with E-state index in [4.69, 9.17) is 0 Å². The zero-order valence-electron chi connectivity index (χ0n) is 5.52. The highest BCUT2D eigenvalue weighted by Gasteiger charge is 2.21. The normalized spacial score (nSPS) is 23.5. The Hall–Kier alpha value is -0.570. The zero-order valence-corrected chi connectivity index (χ0v) is 5.52. The molecule has 0 bridgehead atoms. The lowest BCUT2D eigenvalue weighted by Crippen LogP contribution is -2.31. The maximum atomic E-state index is 10.7. The molecule has 1 aliphatic rings. The van der Waals surface area contributed by atoms with E-state index in [1.165, 1.54) is 7.11 Å². The van der Waals surface area contributed by atoms with Crippen LogP contribution < -0.4 is 5.32 Å². The van der Waals surface area contributed by atoms with Gasteiger partial charge < -0.3 is 10.1 Å².